The van der Waals surface area contributed by atoms with E-state index >= 15 is 0 Å². The van der Waals surface area contributed by atoms with Crippen LogP contribution in [0, 0.1) is 11.3 Å². The zero-order valence-corrected chi connectivity index (χ0v) is 7.09. The lowest BCUT2D eigenvalue weighted by molar-refractivity contribution is 0.0272. The van der Waals surface area contributed by atoms with Gasteiger partial charge in [0.2, 0.25) is 0 Å². The summed E-state index contributed by atoms with van der Waals surface area (Å²) in [5, 5.41) is 3.81. The quantitative estimate of drug-likeness (QED) is 0.547. The van der Waals surface area contributed by atoms with Crippen molar-refractivity contribution in [2.24, 2.45) is 16.5 Å². The molecule has 10 heavy (non-hydrogen) atoms. The highest BCUT2D eigenvalue weighted by Gasteiger charge is 2.38. The standard InChI is InChI=1S/C8H15NO/c1-6(2)8(4)5-9-10-7(8)3/h5-7H,1-4H3. The molecular formula is C8H15NO. The lowest BCUT2D eigenvalue weighted by Gasteiger charge is -2.28. The summed E-state index contributed by atoms with van der Waals surface area (Å²) in [7, 11) is 0. The third-order valence-corrected chi connectivity index (χ3v) is 2.67. The molecule has 0 radical (unpaired) electrons. The summed E-state index contributed by atoms with van der Waals surface area (Å²) in [5.74, 6) is 0.591. The van der Waals surface area contributed by atoms with Crippen molar-refractivity contribution in [3.05, 3.63) is 0 Å². The minimum Gasteiger partial charge on any atom is -0.392 e. The van der Waals surface area contributed by atoms with Crippen molar-refractivity contribution in [1.29, 1.82) is 0 Å². The van der Waals surface area contributed by atoms with Gasteiger partial charge in [0, 0.05) is 5.41 Å². The molecule has 58 valence electrons. The number of nitrogens with zero attached hydrogens (tertiary/aromatic N) is 1. The zero-order valence-electron chi connectivity index (χ0n) is 7.09. The maximum absolute atomic E-state index is 5.10. The van der Waals surface area contributed by atoms with Crippen molar-refractivity contribution >= 4 is 6.21 Å². The number of hydrogen-bond donors (Lipinski definition) is 0. The van der Waals surface area contributed by atoms with Crippen LogP contribution in [-0.2, 0) is 4.84 Å². The van der Waals surface area contributed by atoms with Crippen LogP contribution in [0.15, 0.2) is 5.16 Å². The van der Waals surface area contributed by atoms with Crippen molar-refractivity contribution in [2.45, 2.75) is 33.8 Å². The van der Waals surface area contributed by atoms with Gasteiger partial charge in [-0.3, -0.25) is 0 Å². The first-order valence-electron chi connectivity index (χ1n) is 3.77. The van der Waals surface area contributed by atoms with Gasteiger partial charge in [0.1, 0.15) is 6.10 Å². The van der Waals surface area contributed by atoms with E-state index in [0.717, 1.165) is 0 Å². The van der Waals surface area contributed by atoms with Crippen molar-refractivity contribution in [2.75, 3.05) is 0 Å². The Labute approximate surface area is 62.3 Å². The second-order valence-electron chi connectivity index (χ2n) is 3.50. The summed E-state index contributed by atoms with van der Waals surface area (Å²) in [4.78, 5) is 5.10. The van der Waals surface area contributed by atoms with E-state index in [1.807, 2.05) is 6.21 Å². The van der Waals surface area contributed by atoms with Gasteiger partial charge in [0.15, 0.2) is 0 Å². The topological polar surface area (TPSA) is 21.6 Å². The highest BCUT2D eigenvalue weighted by Crippen LogP contribution is 2.34. The predicted molar refractivity (Wildman–Crippen MR) is 42.0 cm³/mol. The van der Waals surface area contributed by atoms with E-state index in [0.29, 0.717) is 5.92 Å². The molecule has 0 amide bonds. The molecule has 0 aromatic rings. The SMILES string of the molecule is CC(C)C1(C)C=NOC1C. The van der Waals surface area contributed by atoms with Crippen LogP contribution in [0.25, 0.3) is 0 Å². The fourth-order valence-corrected chi connectivity index (χ4v) is 1.07. The second kappa shape index (κ2) is 2.26. The van der Waals surface area contributed by atoms with Gasteiger partial charge in [-0.25, -0.2) is 0 Å². The van der Waals surface area contributed by atoms with E-state index < -0.39 is 0 Å². The lowest BCUT2D eigenvalue weighted by Crippen LogP contribution is -2.33. The summed E-state index contributed by atoms with van der Waals surface area (Å²) in [5.41, 5.74) is 0.139. The molecule has 0 aromatic heterocycles. The maximum Gasteiger partial charge on any atom is 0.135 e. The molecule has 0 N–H and O–H groups in total. The van der Waals surface area contributed by atoms with Crippen LogP contribution in [0.5, 0.6) is 0 Å². The van der Waals surface area contributed by atoms with Crippen LogP contribution in [0.1, 0.15) is 27.7 Å². The van der Waals surface area contributed by atoms with Crippen molar-refractivity contribution in [3.63, 3.8) is 0 Å². The normalized spacial score (nSPS) is 38.7. The molecular weight excluding hydrogens is 126 g/mol. The number of rotatable bonds is 1. The van der Waals surface area contributed by atoms with E-state index in [9.17, 15) is 0 Å². The van der Waals surface area contributed by atoms with Gasteiger partial charge < -0.3 is 4.84 Å². The monoisotopic (exact) mass is 141 g/mol. The molecule has 0 spiro atoms. The molecule has 0 aromatic carbocycles. The first-order chi connectivity index (χ1) is 4.57. The Balaban J connectivity index is 2.75. The first-order valence-corrected chi connectivity index (χ1v) is 3.77. The van der Waals surface area contributed by atoms with Crippen molar-refractivity contribution < 1.29 is 4.84 Å². The fourth-order valence-electron chi connectivity index (χ4n) is 1.07. The third-order valence-electron chi connectivity index (χ3n) is 2.67. The first kappa shape index (κ1) is 7.58. The van der Waals surface area contributed by atoms with Crippen LogP contribution in [0.4, 0.5) is 0 Å². The largest absolute Gasteiger partial charge is 0.392 e. The van der Waals surface area contributed by atoms with E-state index in [4.69, 9.17) is 4.84 Å². The summed E-state index contributed by atoms with van der Waals surface area (Å²) < 4.78 is 0. The molecule has 0 bridgehead atoms. The van der Waals surface area contributed by atoms with Crippen LogP contribution in [-0.4, -0.2) is 12.3 Å². The molecule has 0 aliphatic carbocycles. The predicted octanol–water partition coefficient (Wildman–Crippen LogP) is 2.05. The minimum absolute atomic E-state index is 0.139. The summed E-state index contributed by atoms with van der Waals surface area (Å²) in [6.07, 6.45) is 2.15. The lowest BCUT2D eigenvalue weighted by atomic mass is 9.76. The van der Waals surface area contributed by atoms with Crippen LogP contribution >= 0.6 is 0 Å². The maximum atomic E-state index is 5.10. The van der Waals surface area contributed by atoms with Crippen molar-refractivity contribution in [1.82, 2.24) is 0 Å². The minimum atomic E-state index is 0.139. The van der Waals surface area contributed by atoms with E-state index in [1.165, 1.54) is 0 Å². The molecule has 0 saturated heterocycles. The molecule has 2 heteroatoms. The average Bonchev–Trinajstić information content (AvgIpc) is 2.15. The Morgan fingerprint density at radius 2 is 2.20 bits per heavy atom. The molecule has 1 aliphatic heterocycles. The Morgan fingerprint density at radius 3 is 2.40 bits per heavy atom. The molecule has 1 heterocycles. The highest BCUT2D eigenvalue weighted by molar-refractivity contribution is 5.67. The molecule has 0 fully saturated rings. The Hall–Kier alpha value is -0.530. The van der Waals surface area contributed by atoms with Gasteiger partial charge in [-0.2, -0.15) is 0 Å². The van der Waals surface area contributed by atoms with Gasteiger partial charge >= 0.3 is 0 Å². The average molecular weight is 141 g/mol. The molecule has 1 aliphatic rings. The smallest absolute Gasteiger partial charge is 0.135 e. The van der Waals surface area contributed by atoms with Crippen LogP contribution < -0.4 is 0 Å². The van der Waals surface area contributed by atoms with Gasteiger partial charge in [0.05, 0.1) is 6.21 Å². The second-order valence-corrected chi connectivity index (χ2v) is 3.50. The van der Waals surface area contributed by atoms with E-state index in [2.05, 4.69) is 32.9 Å². The van der Waals surface area contributed by atoms with Gasteiger partial charge in [0.25, 0.3) is 0 Å². The zero-order chi connectivity index (χ0) is 7.78. The summed E-state index contributed by atoms with van der Waals surface area (Å²) in [6.45, 7) is 8.63. The Kier molecular flexibility index (Phi) is 1.71. The van der Waals surface area contributed by atoms with E-state index in [-0.39, 0.29) is 11.5 Å². The fraction of sp³-hybridized carbons (Fsp3) is 0.875. The Bertz CT molecular complexity index is 153. The van der Waals surface area contributed by atoms with Crippen LogP contribution in [0.3, 0.4) is 0 Å². The van der Waals surface area contributed by atoms with E-state index in [1.54, 1.807) is 0 Å². The number of hydrogen-bond acceptors (Lipinski definition) is 2. The van der Waals surface area contributed by atoms with Gasteiger partial charge in [-0.15, -0.1) is 0 Å². The third kappa shape index (κ3) is 0.917. The molecule has 2 unspecified atom stereocenters. The molecule has 2 atom stereocenters. The van der Waals surface area contributed by atoms with Crippen molar-refractivity contribution in [3.8, 4) is 0 Å². The van der Waals surface area contributed by atoms with Crippen LogP contribution in [0.2, 0.25) is 0 Å². The molecule has 1 rings (SSSR count). The molecule has 0 saturated carbocycles. The Morgan fingerprint density at radius 1 is 1.60 bits per heavy atom. The molecule has 2 nitrogen and oxygen atoms in total. The number of oxime groups is 1. The summed E-state index contributed by atoms with van der Waals surface area (Å²) in [6, 6.07) is 0. The highest BCUT2D eigenvalue weighted by atomic mass is 16.6. The van der Waals surface area contributed by atoms with Gasteiger partial charge in [-0.1, -0.05) is 25.9 Å². The summed E-state index contributed by atoms with van der Waals surface area (Å²) >= 11 is 0. The van der Waals surface area contributed by atoms with Gasteiger partial charge in [-0.05, 0) is 12.8 Å².